The first-order chi connectivity index (χ1) is 14.0. The van der Waals surface area contributed by atoms with E-state index in [2.05, 4.69) is 0 Å². The maximum absolute atomic E-state index is 12.4. The minimum atomic E-state index is -2.23. The first kappa shape index (κ1) is 22.6. The zero-order valence-electron chi connectivity index (χ0n) is 17.0. The second-order valence-corrected chi connectivity index (χ2v) is 6.93. The average molecular weight is 414 g/mol. The van der Waals surface area contributed by atoms with Crippen LogP contribution in [0.5, 0.6) is 0 Å². The summed E-state index contributed by atoms with van der Waals surface area (Å²) in [5.74, 6) is -5.60. The van der Waals surface area contributed by atoms with E-state index in [0.717, 1.165) is 22.3 Å². The Kier molecular flexibility index (Phi) is 6.94. The van der Waals surface area contributed by atoms with E-state index in [0.29, 0.717) is 0 Å². The quantitative estimate of drug-likeness (QED) is 0.662. The Hall–Kier alpha value is -3.68. The Morgan fingerprint density at radius 2 is 0.967 bits per heavy atom. The molecule has 0 fully saturated rings. The standard InChI is InChI=1S/C22H22O8/c1-11-5-7-15(9-13(11)3)21(27)29-17(19(23)24)18(20(25)26)30-22(28)16-8-6-12(2)14(4)10-16/h5-10,17-18H,1-4H3,(H,23,24)(H,25,26). The number of carbonyl (C=O) groups excluding carboxylic acids is 2. The predicted octanol–water partition coefficient (Wildman–Crippen LogP) is 2.84. The van der Waals surface area contributed by atoms with Gasteiger partial charge in [-0.05, 0) is 74.2 Å². The van der Waals surface area contributed by atoms with Crippen LogP contribution in [-0.2, 0) is 19.1 Å². The molecule has 0 spiro atoms. The van der Waals surface area contributed by atoms with Crippen molar-refractivity contribution in [2.24, 2.45) is 0 Å². The van der Waals surface area contributed by atoms with E-state index in [4.69, 9.17) is 9.47 Å². The zero-order chi connectivity index (χ0) is 22.6. The van der Waals surface area contributed by atoms with Crippen molar-refractivity contribution >= 4 is 23.9 Å². The Balaban J connectivity index is 2.26. The fraction of sp³-hybridized carbons (Fsp3) is 0.273. The molecule has 2 atom stereocenters. The molecule has 0 aliphatic heterocycles. The molecule has 2 unspecified atom stereocenters. The summed E-state index contributed by atoms with van der Waals surface area (Å²) in [5.41, 5.74) is 3.46. The van der Waals surface area contributed by atoms with E-state index < -0.39 is 36.1 Å². The van der Waals surface area contributed by atoms with Crippen LogP contribution in [0.25, 0.3) is 0 Å². The molecule has 30 heavy (non-hydrogen) atoms. The van der Waals surface area contributed by atoms with Crippen molar-refractivity contribution in [1.82, 2.24) is 0 Å². The molecule has 0 saturated heterocycles. The molecule has 0 aromatic heterocycles. The molecule has 0 aliphatic carbocycles. The number of hydrogen-bond acceptors (Lipinski definition) is 6. The van der Waals surface area contributed by atoms with E-state index in [9.17, 15) is 29.4 Å². The Morgan fingerprint density at radius 3 is 1.23 bits per heavy atom. The minimum Gasteiger partial charge on any atom is -0.478 e. The maximum atomic E-state index is 12.4. The molecule has 0 bridgehead atoms. The molecule has 8 nitrogen and oxygen atoms in total. The average Bonchev–Trinajstić information content (AvgIpc) is 2.67. The van der Waals surface area contributed by atoms with Crippen molar-refractivity contribution in [3.8, 4) is 0 Å². The van der Waals surface area contributed by atoms with Crippen LogP contribution in [0.4, 0.5) is 0 Å². The molecule has 0 saturated carbocycles. The highest BCUT2D eigenvalue weighted by molar-refractivity contribution is 5.95. The second-order valence-electron chi connectivity index (χ2n) is 6.93. The van der Waals surface area contributed by atoms with Gasteiger partial charge in [-0.15, -0.1) is 0 Å². The summed E-state index contributed by atoms with van der Waals surface area (Å²) in [4.78, 5) is 48.0. The fourth-order valence-corrected chi connectivity index (χ4v) is 2.59. The van der Waals surface area contributed by atoms with Crippen LogP contribution >= 0.6 is 0 Å². The lowest BCUT2D eigenvalue weighted by atomic mass is 10.1. The van der Waals surface area contributed by atoms with Gasteiger partial charge in [0.25, 0.3) is 0 Å². The van der Waals surface area contributed by atoms with Crippen LogP contribution in [0.1, 0.15) is 43.0 Å². The summed E-state index contributed by atoms with van der Waals surface area (Å²) in [6, 6.07) is 9.15. The maximum Gasteiger partial charge on any atom is 0.349 e. The smallest absolute Gasteiger partial charge is 0.349 e. The highest BCUT2D eigenvalue weighted by atomic mass is 16.6. The number of hydrogen-bond donors (Lipinski definition) is 2. The first-order valence-electron chi connectivity index (χ1n) is 9.03. The molecular weight excluding hydrogens is 392 g/mol. The molecular formula is C22H22O8. The van der Waals surface area contributed by atoms with Crippen molar-refractivity contribution in [3.63, 3.8) is 0 Å². The number of aryl methyl sites for hydroxylation is 4. The van der Waals surface area contributed by atoms with Gasteiger partial charge in [0.2, 0.25) is 12.2 Å². The summed E-state index contributed by atoms with van der Waals surface area (Å²) in [5, 5.41) is 18.8. The Labute approximate surface area is 173 Å². The summed E-state index contributed by atoms with van der Waals surface area (Å²) >= 11 is 0. The number of carbonyl (C=O) groups is 4. The van der Waals surface area contributed by atoms with Gasteiger partial charge in [-0.2, -0.15) is 0 Å². The third-order valence-corrected chi connectivity index (χ3v) is 4.71. The monoisotopic (exact) mass is 414 g/mol. The number of benzene rings is 2. The number of esters is 2. The van der Waals surface area contributed by atoms with Crippen molar-refractivity contribution < 1.29 is 38.9 Å². The number of carboxylic acid groups (broad SMARTS) is 2. The summed E-state index contributed by atoms with van der Waals surface area (Å²) in [7, 11) is 0. The number of rotatable bonds is 7. The van der Waals surface area contributed by atoms with E-state index >= 15 is 0 Å². The Bertz CT molecular complexity index is 927. The molecule has 2 N–H and O–H groups in total. The van der Waals surface area contributed by atoms with Crippen LogP contribution in [-0.4, -0.2) is 46.3 Å². The first-order valence-corrected chi connectivity index (χ1v) is 9.03. The number of carboxylic acids is 2. The highest BCUT2D eigenvalue weighted by Gasteiger charge is 2.41. The van der Waals surface area contributed by atoms with Crippen LogP contribution in [0.15, 0.2) is 36.4 Å². The van der Waals surface area contributed by atoms with Crippen LogP contribution in [0, 0.1) is 27.7 Å². The van der Waals surface area contributed by atoms with E-state index in [1.807, 2.05) is 13.8 Å². The van der Waals surface area contributed by atoms with Crippen molar-refractivity contribution in [3.05, 3.63) is 69.8 Å². The lowest BCUT2D eigenvalue weighted by molar-refractivity contribution is -0.166. The van der Waals surface area contributed by atoms with Crippen molar-refractivity contribution in [2.45, 2.75) is 39.9 Å². The molecule has 0 heterocycles. The minimum absolute atomic E-state index is 0.0500. The van der Waals surface area contributed by atoms with Gasteiger partial charge in [-0.1, -0.05) is 12.1 Å². The lowest BCUT2D eigenvalue weighted by Crippen LogP contribution is -2.45. The zero-order valence-corrected chi connectivity index (χ0v) is 17.0. The SMILES string of the molecule is Cc1ccc(C(=O)OC(C(=O)O)C(OC(=O)c2ccc(C)c(C)c2)C(=O)O)cc1C. The van der Waals surface area contributed by atoms with E-state index in [-0.39, 0.29) is 11.1 Å². The third kappa shape index (κ3) is 5.22. The number of ether oxygens (including phenoxy) is 2. The molecule has 2 aromatic carbocycles. The van der Waals surface area contributed by atoms with Crippen LogP contribution < -0.4 is 0 Å². The summed E-state index contributed by atoms with van der Waals surface area (Å²) < 4.78 is 9.80. The molecule has 8 heteroatoms. The molecule has 0 aliphatic rings. The molecule has 2 aromatic rings. The largest absolute Gasteiger partial charge is 0.478 e. The molecule has 158 valence electrons. The predicted molar refractivity (Wildman–Crippen MR) is 106 cm³/mol. The van der Waals surface area contributed by atoms with Gasteiger partial charge in [0.15, 0.2) is 0 Å². The van der Waals surface area contributed by atoms with Gasteiger partial charge >= 0.3 is 23.9 Å². The van der Waals surface area contributed by atoms with Crippen molar-refractivity contribution in [2.75, 3.05) is 0 Å². The second kappa shape index (κ2) is 9.21. The van der Waals surface area contributed by atoms with Crippen molar-refractivity contribution in [1.29, 1.82) is 0 Å². The van der Waals surface area contributed by atoms with Gasteiger partial charge in [-0.25, -0.2) is 19.2 Å². The van der Waals surface area contributed by atoms with Gasteiger partial charge in [0.05, 0.1) is 11.1 Å². The molecule has 0 amide bonds. The van der Waals surface area contributed by atoms with E-state index in [1.165, 1.54) is 24.3 Å². The molecule has 0 radical (unpaired) electrons. The van der Waals surface area contributed by atoms with Gasteiger partial charge in [0.1, 0.15) is 0 Å². The number of aliphatic carboxylic acids is 2. The Morgan fingerprint density at radius 1 is 0.633 bits per heavy atom. The van der Waals surface area contributed by atoms with Crippen LogP contribution in [0.3, 0.4) is 0 Å². The molecule has 2 rings (SSSR count). The highest BCUT2D eigenvalue weighted by Crippen LogP contribution is 2.17. The van der Waals surface area contributed by atoms with Gasteiger partial charge in [-0.3, -0.25) is 0 Å². The van der Waals surface area contributed by atoms with Crippen LogP contribution in [0.2, 0.25) is 0 Å². The lowest BCUT2D eigenvalue weighted by Gasteiger charge is -2.21. The topological polar surface area (TPSA) is 127 Å². The summed E-state index contributed by atoms with van der Waals surface area (Å²) in [6.07, 6.45) is -4.46. The van der Waals surface area contributed by atoms with Gasteiger partial charge in [0, 0.05) is 0 Å². The fourth-order valence-electron chi connectivity index (χ4n) is 2.59. The summed E-state index contributed by atoms with van der Waals surface area (Å²) in [6.45, 7) is 7.17. The van der Waals surface area contributed by atoms with E-state index in [1.54, 1.807) is 26.0 Å². The van der Waals surface area contributed by atoms with Gasteiger partial charge < -0.3 is 19.7 Å². The normalized spacial score (nSPS) is 12.5. The third-order valence-electron chi connectivity index (χ3n) is 4.71.